The van der Waals surface area contributed by atoms with Gasteiger partial charge in [0.2, 0.25) is 5.16 Å². The first-order valence-electron chi connectivity index (χ1n) is 5.47. The van der Waals surface area contributed by atoms with Gasteiger partial charge in [-0.05, 0) is 28.6 Å². The Hall–Kier alpha value is -1.74. The summed E-state index contributed by atoms with van der Waals surface area (Å²) in [5.41, 5.74) is 2.54. The van der Waals surface area contributed by atoms with Crippen LogP contribution in [0.5, 0.6) is 0 Å². The van der Waals surface area contributed by atoms with Crippen LogP contribution in [0.25, 0.3) is 0 Å². The van der Waals surface area contributed by atoms with Crippen LogP contribution in [0.3, 0.4) is 0 Å². The van der Waals surface area contributed by atoms with Gasteiger partial charge in [-0.1, -0.05) is 6.92 Å². The van der Waals surface area contributed by atoms with Gasteiger partial charge in [0.1, 0.15) is 16.7 Å². The van der Waals surface area contributed by atoms with Crippen molar-refractivity contribution in [3.63, 3.8) is 0 Å². The van der Waals surface area contributed by atoms with Crippen LogP contribution in [0.15, 0.2) is 16.2 Å². The molecule has 0 aliphatic carbocycles. The molecular formula is C9H14N8S. The summed E-state index contributed by atoms with van der Waals surface area (Å²) in [5.74, 6) is 6.74. The van der Waals surface area contributed by atoms with E-state index in [9.17, 15) is 0 Å². The molecule has 0 saturated carbocycles. The third-order valence-electron chi connectivity index (χ3n) is 2.15. The van der Waals surface area contributed by atoms with Crippen LogP contribution in [-0.2, 0) is 13.5 Å². The Balaban J connectivity index is 2.26. The minimum absolute atomic E-state index is 0.589. The third kappa shape index (κ3) is 2.93. The number of hydrogen-bond acceptors (Lipinski definition) is 8. The van der Waals surface area contributed by atoms with Gasteiger partial charge in [0.15, 0.2) is 0 Å². The van der Waals surface area contributed by atoms with Crippen molar-refractivity contribution in [1.29, 1.82) is 0 Å². The number of anilines is 1. The van der Waals surface area contributed by atoms with E-state index in [0.29, 0.717) is 11.0 Å². The second-order valence-corrected chi connectivity index (χ2v) is 4.58. The largest absolute Gasteiger partial charge is 0.308 e. The molecule has 0 aliphatic rings. The van der Waals surface area contributed by atoms with Crippen molar-refractivity contribution in [3.05, 3.63) is 11.9 Å². The molecule has 2 heterocycles. The van der Waals surface area contributed by atoms with E-state index in [1.54, 1.807) is 17.8 Å². The van der Waals surface area contributed by atoms with Crippen molar-refractivity contribution in [3.8, 4) is 0 Å². The first kappa shape index (κ1) is 12.7. The van der Waals surface area contributed by atoms with Crippen LogP contribution in [0.4, 0.5) is 5.82 Å². The lowest BCUT2D eigenvalue weighted by molar-refractivity contribution is 0.664. The van der Waals surface area contributed by atoms with Crippen LogP contribution >= 0.6 is 11.8 Å². The topological polar surface area (TPSA) is 107 Å². The fourth-order valence-corrected chi connectivity index (χ4v) is 2.09. The molecule has 3 N–H and O–H groups in total. The van der Waals surface area contributed by atoms with Gasteiger partial charge in [-0.15, -0.1) is 5.10 Å². The molecule has 2 rings (SSSR count). The molecule has 2 aromatic rings. The van der Waals surface area contributed by atoms with Crippen LogP contribution in [-0.4, -0.2) is 30.2 Å². The molecule has 0 aromatic carbocycles. The van der Waals surface area contributed by atoms with Gasteiger partial charge in [0.05, 0.1) is 0 Å². The Morgan fingerprint density at radius 3 is 2.89 bits per heavy atom. The van der Waals surface area contributed by atoms with Crippen molar-refractivity contribution in [2.24, 2.45) is 12.9 Å². The molecule has 0 fully saturated rings. The van der Waals surface area contributed by atoms with Crippen LogP contribution in [0.1, 0.15) is 19.2 Å². The molecule has 0 atom stereocenters. The molecule has 2 aromatic heterocycles. The summed E-state index contributed by atoms with van der Waals surface area (Å²) < 4.78 is 1.59. The van der Waals surface area contributed by atoms with Gasteiger partial charge in [0, 0.05) is 19.5 Å². The lowest BCUT2D eigenvalue weighted by Crippen LogP contribution is -2.10. The summed E-state index contributed by atoms with van der Waals surface area (Å²) in [4.78, 5) is 8.71. The molecule has 9 heteroatoms. The Bertz CT molecular complexity index is 525. The summed E-state index contributed by atoms with van der Waals surface area (Å²) in [6, 6.07) is 1.76. The molecule has 0 bridgehead atoms. The maximum atomic E-state index is 5.39. The number of aromatic nitrogens is 6. The van der Waals surface area contributed by atoms with Crippen LogP contribution in [0.2, 0.25) is 0 Å². The van der Waals surface area contributed by atoms with Gasteiger partial charge in [-0.3, -0.25) is 0 Å². The van der Waals surface area contributed by atoms with E-state index in [0.717, 1.165) is 23.7 Å². The van der Waals surface area contributed by atoms with Gasteiger partial charge in [0.25, 0.3) is 0 Å². The van der Waals surface area contributed by atoms with Gasteiger partial charge >= 0.3 is 0 Å². The Labute approximate surface area is 108 Å². The fraction of sp³-hybridized carbons (Fsp3) is 0.444. The maximum Gasteiger partial charge on any atom is 0.215 e. The Morgan fingerprint density at radius 1 is 1.44 bits per heavy atom. The van der Waals surface area contributed by atoms with Crippen molar-refractivity contribution in [2.45, 2.75) is 29.9 Å². The van der Waals surface area contributed by atoms with Crippen LogP contribution < -0.4 is 11.3 Å². The maximum absolute atomic E-state index is 5.39. The monoisotopic (exact) mass is 266 g/mol. The highest BCUT2D eigenvalue weighted by molar-refractivity contribution is 7.99. The highest BCUT2D eigenvalue weighted by atomic mass is 32.2. The molecular weight excluding hydrogens is 252 g/mol. The normalized spacial score (nSPS) is 10.6. The third-order valence-corrected chi connectivity index (χ3v) is 3.09. The summed E-state index contributed by atoms with van der Waals surface area (Å²) in [6.45, 7) is 2.07. The van der Waals surface area contributed by atoms with E-state index >= 15 is 0 Å². The van der Waals surface area contributed by atoms with Crippen molar-refractivity contribution < 1.29 is 0 Å². The number of aryl methyl sites for hydroxylation is 2. The molecule has 0 radical (unpaired) electrons. The average Bonchev–Trinajstić information content (AvgIpc) is 2.75. The standard InChI is InChI=1S/C9H14N8S/c1-3-4-6-11-7(13-10)5-8(12-6)18-9-14-15-16-17(9)2/h5H,3-4,10H2,1-2H3,(H,11,12,13). The zero-order valence-corrected chi connectivity index (χ0v) is 11.0. The molecule has 0 aliphatic heterocycles. The number of hydrogen-bond donors (Lipinski definition) is 2. The van der Waals surface area contributed by atoms with Gasteiger partial charge < -0.3 is 5.43 Å². The number of hydrazine groups is 1. The van der Waals surface area contributed by atoms with Gasteiger partial charge in [-0.2, -0.15) is 0 Å². The minimum atomic E-state index is 0.589. The summed E-state index contributed by atoms with van der Waals surface area (Å²) in [6.07, 6.45) is 1.78. The van der Waals surface area contributed by atoms with E-state index in [-0.39, 0.29) is 0 Å². The zero-order chi connectivity index (χ0) is 13.0. The Morgan fingerprint density at radius 2 is 2.28 bits per heavy atom. The van der Waals surface area contributed by atoms with Crippen LogP contribution in [0, 0.1) is 0 Å². The quantitative estimate of drug-likeness (QED) is 0.454. The zero-order valence-electron chi connectivity index (χ0n) is 10.2. The average molecular weight is 266 g/mol. The minimum Gasteiger partial charge on any atom is -0.308 e. The lowest BCUT2D eigenvalue weighted by Gasteiger charge is -2.05. The molecule has 96 valence electrons. The number of nitrogens with one attached hydrogen (secondary N) is 1. The second kappa shape index (κ2) is 5.74. The number of nitrogens with zero attached hydrogens (tertiary/aromatic N) is 6. The smallest absolute Gasteiger partial charge is 0.215 e. The van der Waals surface area contributed by atoms with Crippen molar-refractivity contribution >= 4 is 17.6 Å². The molecule has 0 spiro atoms. The van der Waals surface area contributed by atoms with E-state index in [1.165, 1.54) is 11.8 Å². The molecule has 8 nitrogen and oxygen atoms in total. The van der Waals surface area contributed by atoms with E-state index in [1.807, 2.05) is 0 Å². The highest BCUT2D eigenvalue weighted by Gasteiger charge is 2.09. The fourth-order valence-electron chi connectivity index (χ4n) is 1.34. The molecule has 18 heavy (non-hydrogen) atoms. The van der Waals surface area contributed by atoms with E-state index in [2.05, 4.69) is 37.8 Å². The first-order valence-corrected chi connectivity index (χ1v) is 6.29. The predicted octanol–water partition coefficient (Wildman–Crippen LogP) is 0.389. The number of rotatable bonds is 5. The van der Waals surface area contributed by atoms with Gasteiger partial charge in [-0.25, -0.2) is 20.5 Å². The molecule has 0 amide bonds. The van der Waals surface area contributed by atoms with Crippen molar-refractivity contribution in [2.75, 3.05) is 5.43 Å². The lowest BCUT2D eigenvalue weighted by atomic mass is 10.3. The van der Waals surface area contributed by atoms with E-state index < -0.39 is 0 Å². The summed E-state index contributed by atoms with van der Waals surface area (Å²) in [5, 5.41) is 12.7. The Kier molecular flexibility index (Phi) is 4.05. The first-order chi connectivity index (χ1) is 8.72. The number of tetrazole rings is 1. The van der Waals surface area contributed by atoms with Crippen molar-refractivity contribution in [1.82, 2.24) is 30.2 Å². The summed E-state index contributed by atoms with van der Waals surface area (Å²) >= 11 is 1.37. The SMILES string of the molecule is CCCc1nc(NN)cc(Sc2nnnn2C)n1. The number of nitrogen functional groups attached to an aromatic ring is 1. The second-order valence-electron chi connectivity index (χ2n) is 3.59. The highest BCUT2D eigenvalue weighted by Crippen LogP contribution is 2.24. The number of nitrogens with two attached hydrogens (primary N) is 1. The summed E-state index contributed by atoms with van der Waals surface area (Å²) in [7, 11) is 1.78. The molecule has 0 unspecified atom stereocenters. The molecule has 0 saturated heterocycles. The van der Waals surface area contributed by atoms with E-state index in [4.69, 9.17) is 5.84 Å². The predicted molar refractivity (Wildman–Crippen MR) is 66.8 cm³/mol.